The molecule has 1 atom stereocenters. The molecule has 6 nitrogen and oxygen atoms in total. The molecule has 0 aromatic heterocycles. The third kappa shape index (κ3) is 4.27. The maximum Gasteiger partial charge on any atom is 0.211 e. The maximum absolute atomic E-state index is 11.4. The quantitative estimate of drug-likeness (QED) is 0.717. The van der Waals surface area contributed by atoms with Crippen molar-refractivity contribution in [3.8, 4) is 0 Å². The van der Waals surface area contributed by atoms with Gasteiger partial charge in [0.15, 0.2) is 5.11 Å². The van der Waals surface area contributed by atoms with Gasteiger partial charge in [0.05, 0.1) is 12.4 Å². The third-order valence-electron chi connectivity index (χ3n) is 3.50. The van der Waals surface area contributed by atoms with E-state index in [-0.39, 0.29) is 6.10 Å². The van der Waals surface area contributed by atoms with Crippen LogP contribution in [0.3, 0.4) is 0 Å². The Morgan fingerprint density at radius 1 is 1.37 bits per heavy atom. The van der Waals surface area contributed by atoms with Crippen molar-refractivity contribution in [2.75, 3.05) is 45.6 Å². The lowest BCUT2D eigenvalue weighted by atomic mass is 10.2. The molecule has 0 aliphatic carbocycles. The summed E-state index contributed by atoms with van der Waals surface area (Å²) in [5.74, 6) is 0. The van der Waals surface area contributed by atoms with Crippen molar-refractivity contribution in [1.82, 2.24) is 14.5 Å². The molecule has 1 N–H and O–H groups in total. The largest absolute Gasteiger partial charge is 0.376 e. The van der Waals surface area contributed by atoms with E-state index in [1.165, 1.54) is 10.6 Å². The number of thiocarbonyl (C=S) groups is 1. The predicted octanol–water partition coefficient (Wildman–Crippen LogP) is -0.383. The fourth-order valence-corrected chi connectivity index (χ4v) is 3.43. The summed E-state index contributed by atoms with van der Waals surface area (Å²) in [7, 11) is -3.08. The average molecular weight is 307 g/mol. The van der Waals surface area contributed by atoms with E-state index in [1.807, 2.05) is 4.90 Å². The van der Waals surface area contributed by atoms with E-state index in [4.69, 9.17) is 17.0 Å². The highest BCUT2D eigenvalue weighted by molar-refractivity contribution is 7.88. The first-order valence-electron chi connectivity index (χ1n) is 6.56. The van der Waals surface area contributed by atoms with Crippen molar-refractivity contribution in [2.45, 2.75) is 18.9 Å². The Kier molecular flexibility index (Phi) is 4.99. The summed E-state index contributed by atoms with van der Waals surface area (Å²) in [6, 6.07) is 0. The van der Waals surface area contributed by atoms with Crippen LogP contribution in [0.2, 0.25) is 0 Å². The Labute approximate surface area is 120 Å². The molecule has 2 saturated heterocycles. The van der Waals surface area contributed by atoms with Gasteiger partial charge in [-0.2, -0.15) is 4.31 Å². The van der Waals surface area contributed by atoms with E-state index in [2.05, 4.69) is 5.32 Å². The van der Waals surface area contributed by atoms with Crippen LogP contribution in [0, 0.1) is 0 Å². The molecule has 0 saturated carbocycles. The molecule has 0 unspecified atom stereocenters. The van der Waals surface area contributed by atoms with Crippen molar-refractivity contribution in [3.63, 3.8) is 0 Å². The molecule has 2 aliphatic rings. The second-order valence-corrected chi connectivity index (χ2v) is 7.34. The maximum atomic E-state index is 11.4. The molecule has 2 rings (SSSR count). The summed E-state index contributed by atoms with van der Waals surface area (Å²) in [5.41, 5.74) is 0. The zero-order chi connectivity index (χ0) is 13.9. The number of nitrogens with zero attached hydrogens (tertiary/aromatic N) is 2. The summed E-state index contributed by atoms with van der Waals surface area (Å²) in [6.07, 6.45) is 3.70. The van der Waals surface area contributed by atoms with Gasteiger partial charge >= 0.3 is 0 Å². The summed E-state index contributed by atoms with van der Waals surface area (Å²) < 4.78 is 29.8. The van der Waals surface area contributed by atoms with Crippen LogP contribution < -0.4 is 5.32 Å². The third-order valence-corrected chi connectivity index (χ3v) is 5.21. The van der Waals surface area contributed by atoms with Crippen molar-refractivity contribution in [3.05, 3.63) is 0 Å². The van der Waals surface area contributed by atoms with Crippen LogP contribution in [0.15, 0.2) is 0 Å². The Hall–Kier alpha value is -0.440. The summed E-state index contributed by atoms with van der Waals surface area (Å²) in [4.78, 5) is 2.02. The molecule has 2 fully saturated rings. The number of hydrogen-bond donors (Lipinski definition) is 1. The van der Waals surface area contributed by atoms with Crippen LogP contribution in [-0.4, -0.2) is 74.4 Å². The van der Waals surface area contributed by atoms with Crippen molar-refractivity contribution in [1.29, 1.82) is 0 Å². The number of rotatable bonds is 3. The first-order chi connectivity index (χ1) is 8.97. The molecule has 0 aromatic carbocycles. The van der Waals surface area contributed by atoms with Gasteiger partial charge < -0.3 is 15.0 Å². The SMILES string of the molecule is CS(=O)(=O)N1CCN(C(=S)NC[C@H]2CCCO2)CC1. The molecule has 0 aromatic rings. The van der Waals surface area contributed by atoms with Gasteiger partial charge in [-0.15, -0.1) is 0 Å². The van der Waals surface area contributed by atoms with Gasteiger partial charge in [0.25, 0.3) is 0 Å². The minimum Gasteiger partial charge on any atom is -0.376 e. The van der Waals surface area contributed by atoms with E-state index in [1.54, 1.807) is 0 Å². The zero-order valence-corrected chi connectivity index (χ0v) is 12.8. The molecule has 19 heavy (non-hydrogen) atoms. The topological polar surface area (TPSA) is 61.9 Å². The highest BCUT2D eigenvalue weighted by Crippen LogP contribution is 2.11. The smallest absolute Gasteiger partial charge is 0.211 e. The molecule has 2 heterocycles. The summed E-state index contributed by atoms with van der Waals surface area (Å²) in [5, 5.41) is 3.91. The van der Waals surface area contributed by atoms with Crippen LogP contribution in [0.4, 0.5) is 0 Å². The number of nitrogens with one attached hydrogen (secondary N) is 1. The monoisotopic (exact) mass is 307 g/mol. The van der Waals surface area contributed by atoms with Crippen molar-refractivity contribution in [2.24, 2.45) is 0 Å². The van der Waals surface area contributed by atoms with E-state index in [0.717, 1.165) is 26.0 Å². The number of ether oxygens (including phenoxy) is 1. The van der Waals surface area contributed by atoms with Crippen LogP contribution >= 0.6 is 12.2 Å². The molecule has 0 bridgehead atoms. The number of piperazine rings is 1. The normalized spacial score (nSPS) is 25.5. The zero-order valence-electron chi connectivity index (χ0n) is 11.2. The van der Waals surface area contributed by atoms with E-state index in [9.17, 15) is 8.42 Å². The van der Waals surface area contributed by atoms with E-state index in [0.29, 0.717) is 31.3 Å². The highest BCUT2D eigenvalue weighted by atomic mass is 32.2. The fraction of sp³-hybridized carbons (Fsp3) is 0.909. The number of sulfonamides is 1. The summed E-state index contributed by atoms with van der Waals surface area (Å²) >= 11 is 5.33. The Morgan fingerprint density at radius 3 is 2.58 bits per heavy atom. The Morgan fingerprint density at radius 2 is 2.05 bits per heavy atom. The molecular weight excluding hydrogens is 286 g/mol. The second-order valence-electron chi connectivity index (χ2n) is 4.97. The van der Waals surface area contributed by atoms with Crippen LogP contribution in [0.1, 0.15) is 12.8 Å². The molecule has 110 valence electrons. The van der Waals surface area contributed by atoms with Crippen LogP contribution in [0.25, 0.3) is 0 Å². The van der Waals surface area contributed by atoms with Gasteiger partial charge in [-0.1, -0.05) is 0 Å². The number of hydrogen-bond acceptors (Lipinski definition) is 4. The van der Waals surface area contributed by atoms with Gasteiger partial charge in [0.1, 0.15) is 0 Å². The molecule has 2 aliphatic heterocycles. The highest BCUT2D eigenvalue weighted by Gasteiger charge is 2.25. The fourth-order valence-electron chi connectivity index (χ4n) is 2.34. The summed E-state index contributed by atoms with van der Waals surface area (Å²) in [6.45, 7) is 3.87. The van der Waals surface area contributed by atoms with Gasteiger partial charge in [-0.3, -0.25) is 0 Å². The first-order valence-corrected chi connectivity index (χ1v) is 8.82. The molecular formula is C11H21N3O3S2. The van der Waals surface area contributed by atoms with Gasteiger partial charge in [0, 0.05) is 39.3 Å². The van der Waals surface area contributed by atoms with E-state index >= 15 is 0 Å². The van der Waals surface area contributed by atoms with Gasteiger partial charge in [0.2, 0.25) is 10.0 Å². The lowest BCUT2D eigenvalue weighted by Crippen LogP contribution is -2.53. The Balaban J connectivity index is 1.73. The minimum absolute atomic E-state index is 0.259. The lowest BCUT2D eigenvalue weighted by Gasteiger charge is -2.35. The second kappa shape index (κ2) is 6.34. The van der Waals surface area contributed by atoms with Gasteiger partial charge in [-0.25, -0.2) is 8.42 Å². The minimum atomic E-state index is -3.08. The van der Waals surface area contributed by atoms with Crippen molar-refractivity contribution < 1.29 is 13.2 Å². The first kappa shape index (κ1) is 15.0. The predicted molar refractivity (Wildman–Crippen MR) is 77.6 cm³/mol. The average Bonchev–Trinajstić information content (AvgIpc) is 2.88. The standard InChI is InChI=1S/C11H21N3O3S2/c1-19(15,16)14-6-4-13(5-7-14)11(18)12-9-10-3-2-8-17-10/h10H,2-9H2,1H3,(H,12,18)/t10-/m1/s1. The van der Waals surface area contributed by atoms with Gasteiger partial charge in [-0.05, 0) is 25.1 Å². The van der Waals surface area contributed by atoms with Crippen LogP contribution in [0.5, 0.6) is 0 Å². The molecule has 0 amide bonds. The van der Waals surface area contributed by atoms with Crippen molar-refractivity contribution >= 4 is 27.4 Å². The molecule has 0 spiro atoms. The lowest BCUT2D eigenvalue weighted by molar-refractivity contribution is 0.113. The van der Waals surface area contributed by atoms with Crippen LogP contribution in [-0.2, 0) is 14.8 Å². The van der Waals surface area contributed by atoms with E-state index < -0.39 is 10.0 Å². The molecule has 8 heteroatoms. The molecule has 0 radical (unpaired) electrons. The Bertz CT molecular complexity index is 413.